The van der Waals surface area contributed by atoms with E-state index in [1.54, 1.807) is 0 Å². The van der Waals surface area contributed by atoms with Crippen LogP contribution in [-0.4, -0.2) is 67.6 Å². The third-order valence-electron chi connectivity index (χ3n) is 3.66. The normalized spacial score (nSPS) is 20.2. The molecule has 1 aromatic rings. The van der Waals surface area contributed by atoms with Crippen LogP contribution in [0.15, 0.2) is 24.4 Å². The molecule has 0 radical (unpaired) electrons. The lowest BCUT2D eigenvalue weighted by atomic mass is 10.3. The summed E-state index contributed by atoms with van der Waals surface area (Å²) in [6.07, 6.45) is 1.88. The minimum Gasteiger partial charge on any atom is -0.354 e. The van der Waals surface area contributed by atoms with Crippen molar-refractivity contribution in [1.82, 2.24) is 14.8 Å². The lowest BCUT2D eigenvalue weighted by Crippen LogP contribution is -2.36. The summed E-state index contributed by atoms with van der Waals surface area (Å²) in [5, 5.41) is 0. The molecule has 0 aromatic carbocycles. The van der Waals surface area contributed by atoms with Gasteiger partial charge in [-0.3, -0.25) is 0 Å². The first-order chi connectivity index (χ1) is 8.79. The van der Waals surface area contributed by atoms with E-state index in [0.29, 0.717) is 0 Å². The molecule has 0 N–H and O–H groups in total. The lowest BCUT2D eigenvalue weighted by Gasteiger charge is -2.25. The van der Waals surface area contributed by atoms with Crippen molar-refractivity contribution in [2.75, 3.05) is 57.8 Å². The molecule has 1 fully saturated rings. The summed E-state index contributed by atoms with van der Waals surface area (Å²) in [5.41, 5.74) is 0. The zero-order valence-corrected chi connectivity index (χ0v) is 11.5. The van der Waals surface area contributed by atoms with E-state index in [9.17, 15) is 0 Å². The highest BCUT2D eigenvalue weighted by atomic mass is 15.3. The Bertz CT molecular complexity index is 341. The first-order valence-corrected chi connectivity index (χ1v) is 6.86. The average molecular weight is 248 g/mol. The first kappa shape index (κ1) is 13.3. The summed E-state index contributed by atoms with van der Waals surface area (Å²) in [6.45, 7) is 10.1. The molecule has 1 aliphatic rings. The molecule has 2 heterocycles. The number of likely N-dealkylation sites (N-methyl/N-ethyl adjacent to an activating group) is 2. The van der Waals surface area contributed by atoms with Crippen molar-refractivity contribution in [3.05, 3.63) is 24.4 Å². The molecule has 0 aliphatic carbocycles. The van der Waals surface area contributed by atoms with E-state index >= 15 is 0 Å². The van der Waals surface area contributed by atoms with Gasteiger partial charge in [0.15, 0.2) is 0 Å². The quantitative estimate of drug-likeness (QED) is 0.783. The highest BCUT2D eigenvalue weighted by Crippen LogP contribution is 2.10. The van der Waals surface area contributed by atoms with Crippen molar-refractivity contribution in [3.8, 4) is 0 Å². The van der Waals surface area contributed by atoms with E-state index in [-0.39, 0.29) is 0 Å². The van der Waals surface area contributed by atoms with Crippen LogP contribution in [0, 0.1) is 0 Å². The second-order valence-corrected chi connectivity index (χ2v) is 4.91. The smallest absolute Gasteiger partial charge is 0.128 e. The van der Waals surface area contributed by atoms with Crippen molar-refractivity contribution in [3.63, 3.8) is 0 Å². The molecular weight excluding hydrogens is 224 g/mol. The molecule has 0 atom stereocenters. The molecule has 2 rings (SSSR count). The molecule has 0 unspecified atom stereocenters. The largest absolute Gasteiger partial charge is 0.354 e. The Morgan fingerprint density at radius 2 is 1.78 bits per heavy atom. The Morgan fingerprint density at radius 3 is 2.50 bits per heavy atom. The summed E-state index contributed by atoms with van der Waals surface area (Å²) < 4.78 is 0. The molecule has 0 amide bonds. The molecule has 1 saturated heterocycles. The Morgan fingerprint density at radius 1 is 1.06 bits per heavy atom. The van der Waals surface area contributed by atoms with E-state index in [2.05, 4.69) is 45.8 Å². The van der Waals surface area contributed by atoms with Gasteiger partial charge in [-0.05, 0) is 25.7 Å². The molecule has 1 aliphatic heterocycles. The molecule has 0 bridgehead atoms. The Kier molecular flexibility index (Phi) is 4.96. The van der Waals surface area contributed by atoms with Gasteiger partial charge in [-0.2, -0.15) is 0 Å². The standard InChI is InChI=1S/C14H24N4/c1-3-17-10-8-16(2)9-12-18(13-11-17)14-6-4-5-7-15-14/h4-7H,3,8-13H2,1-2H3. The van der Waals surface area contributed by atoms with Gasteiger partial charge in [0, 0.05) is 45.5 Å². The number of aromatic nitrogens is 1. The molecule has 1 aromatic heterocycles. The number of hydrogen-bond acceptors (Lipinski definition) is 4. The topological polar surface area (TPSA) is 22.6 Å². The van der Waals surface area contributed by atoms with E-state index in [4.69, 9.17) is 0 Å². The van der Waals surface area contributed by atoms with Gasteiger partial charge >= 0.3 is 0 Å². The Balaban J connectivity index is 2.05. The van der Waals surface area contributed by atoms with Gasteiger partial charge < -0.3 is 14.7 Å². The molecule has 4 nitrogen and oxygen atoms in total. The number of nitrogens with zero attached hydrogens (tertiary/aromatic N) is 4. The first-order valence-electron chi connectivity index (χ1n) is 6.86. The molecular formula is C14H24N4. The van der Waals surface area contributed by atoms with Crippen LogP contribution < -0.4 is 4.90 Å². The van der Waals surface area contributed by atoms with E-state index < -0.39 is 0 Å². The van der Waals surface area contributed by atoms with Gasteiger partial charge in [-0.1, -0.05) is 13.0 Å². The molecule has 100 valence electrons. The van der Waals surface area contributed by atoms with Crippen LogP contribution in [0.4, 0.5) is 5.82 Å². The summed E-state index contributed by atoms with van der Waals surface area (Å²) in [7, 11) is 2.20. The summed E-state index contributed by atoms with van der Waals surface area (Å²) in [4.78, 5) is 11.8. The van der Waals surface area contributed by atoms with Crippen molar-refractivity contribution in [2.45, 2.75) is 6.92 Å². The lowest BCUT2D eigenvalue weighted by molar-refractivity contribution is 0.251. The van der Waals surface area contributed by atoms with Gasteiger partial charge in [0.25, 0.3) is 0 Å². The number of rotatable bonds is 2. The second-order valence-electron chi connectivity index (χ2n) is 4.91. The maximum Gasteiger partial charge on any atom is 0.128 e. The van der Waals surface area contributed by atoms with Crippen molar-refractivity contribution < 1.29 is 0 Å². The number of pyridine rings is 1. The van der Waals surface area contributed by atoms with Crippen LogP contribution in [0.1, 0.15) is 6.92 Å². The fraction of sp³-hybridized carbons (Fsp3) is 0.643. The zero-order chi connectivity index (χ0) is 12.8. The minimum absolute atomic E-state index is 1.06. The predicted molar refractivity (Wildman–Crippen MR) is 76.1 cm³/mol. The minimum atomic E-state index is 1.06. The van der Waals surface area contributed by atoms with Crippen LogP contribution in [-0.2, 0) is 0 Å². The molecule has 0 spiro atoms. The molecule has 0 saturated carbocycles. The Labute approximate surface area is 110 Å². The van der Waals surface area contributed by atoms with Gasteiger partial charge in [0.2, 0.25) is 0 Å². The van der Waals surface area contributed by atoms with Crippen LogP contribution >= 0.6 is 0 Å². The van der Waals surface area contributed by atoms with Crippen molar-refractivity contribution in [1.29, 1.82) is 0 Å². The summed E-state index contributed by atoms with van der Waals surface area (Å²) >= 11 is 0. The van der Waals surface area contributed by atoms with Crippen molar-refractivity contribution >= 4 is 5.82 Å². The SMILES string of the molecule is CCN1CCN(C)CCN(c2ccccn2)CC1. The van der Waals surface area contributed by atoms with E-state index in [1.165, 1.54) is 6.54 Å². The van der Waals surface area contributed by atoms with Gasteiger partial charge in [-0.25, -0.2) is 4.98 Å². The van der Waals surface area contributed by atoms with Gasteiger partial charge in [0.1, 0.15) is 5.82 Å². The van der Waals surface area contributed by atoms with E-state index in [1.807, 2.05) is 12.3 Å². The van der Waals surface area contributed by atoms with E-state index in [0.717, 1.165) is 45.1 Å². The third-order valence-corrected chi connectivity index (χ3v) is 3.66. The van der Waals surface area contributed by atoms with Crippen molar-refractivity contribution in [2.24, 2.45) is 0 Å². The average Bonchev–Trinajstić information content (AvgIpc) is 2.51. The second kappa shape index (κ2) is 6.71. The van der Waals surface area contributed by atoms with Crippen LogP contribution in [0.5, 0.6) is 0 Å². The third kappa shape index (κ3) is 3.68. The maximum absolute atomic E-state index is 4.47. The zero-order valence-electron chi connectivity index (χ0n) is 11.5. The fourth-order valence-electron chi connectivity index (χ4n) is 2.29. The summed E-state index contributed by atoms with van der Waals surface area (Å²) in [5.74, 6) is 1.10. The molecule has 18 heavy (non-hydrogen) atoms. The van der Waals surface area contributed by atoms with Crippen LogP contribution in [0.3, 0.4) is 0 Å². The van der Waals surface area contributed by atoms with Gasteiger partial charge in [-0.15, -0.1) is 0 Å². The van der Waals surface area contributed by atoms with Crippen LogP contribution in [0.2, 0.25) is 0 Å². The fourth-order valence-corrected chi connectivity index (χ4v) is 2.29. The highest BCUT2D eigenvalue weighted by Gasteiger charge is 2.14. The number of anilines is 1. The Hall–Kier alpha value is -1.13. The summed E-state index contributed by atoms with van der Waals surface area (Å²) in [6, 6.07) is 6.15. The monoisotopic (exact) mass is 248 g/mol. The maximum atomic E-state index is 4.47. The highest BCUT2D eigenvalue weighted by molar-refractivity contribution is 5.37. The van der Waals surface area contributed by atoms with Crippen LogP contribution in [0.25, 0.3) is 0 Å². The number of hydrogen-bond donors (Lipinski definition) is 0. The van der Waals surface area contributed by atoms with Gasteiger partial charge in [0.05, 0.1) is 0 Å². The molecule has 4 heteroatoms. The predicted octanol–water partition coefficient (Wildman–Crippen LogP) is 1.16.